The Morgan fingerprint density at radius 1 is 1.05 bits per heavy atom. The Labute approximate surface area is 244 Å². The van der Waals surface area contributed by atoms with Gasteiger partial charge in [-0.1, -0.05) is 26.3 Å². The van der Waals surface area contributed by atoms with Gasteiger partial charge >= 0.3 is 18.0 Å². The molecule has 0 unspecified atom stereocenters. The van der Waals surface area contributed by atoms with Gasteiger partial charge in [-0.15, -0.1) is 0 Å². The van der Waals surface area contributed by atoms with Crippen molar-refractivity contribution >= 4 is 35.5 Å². The minimum atomic E-state index is -1.06. The van der Waals surface area contributed by atoms with Crippen LogP contribution in [0.2, 0.25) is 0 Å². The number of rotatable bonds is 10. The molecule has 0 radical (unpaired) electrons. The van der Waals surface area contributed by atoms with Crippen molar-refractivity contribution in [1.29, 1.82) is 0 Å². The first-order valence-corrected chi connectivity index (χ1v) is 13.7. The van der Waals surface area contributed by atoms with Crippen molar-refractivity contribution in [3.05, 3.63) is 65.4 Å². The first-order chi connectivity index (χ1) is 19.7. The van der Waals surface area contributed by atoms with Crippen molar-refractivity contribution in [3.63, 3.8) is 0 Å². The van der Waals surface area contributed by atoms with Gasteiger partial charge in [0, 0.05) is 29.7 Å². The quantitative estimate of drug-likeness (QED) is 0.318. The number of aliphatic carboxylic acids is 1. The number of fused-ring (bicyclic) bond motifs is 2. The first-order valence-electron chi connectivity index (χ1n) is 13.7. The molecule has 0 fully saturated rings. The maximum atomic E-state index is 11.5. The zero-order chi connectivity index (χ0) is 30.8. The Hall–Kier alpha value is -4.74. The van der Waals surface area contributed by atoms with Gasteiger partial charge in [-0.3, -0.25) is 0 Å². The zero-order valence-electron chi connectivity index (χ0n) is 24.5. The van der Waals surface area contributed by atoms with Gasteiger partial charge in [0.2, 0.25) is 0 Å². The van der Waals surface area contributed by atoms with Crippen LogP contribution in [0.15, 0.2) is 69.8 Å². The number of amides is 2. The van der Waals surface area contributed by atoms with E-state index in [9.17, 15) is 19.5 Å². The summed E-state index contributed by atoms with van der Waals surface area (Å²) >= 11 is 0. The molecule has 3 aliphatic rings. The number of unbranched alkanes of at least 4 members (excludes halogenated alkanes) is 2. The molecule has 4 N–H and O–H groups in total. The molecule has 42 heavy (non-hydrogen) atoms. The van der Waals surface area contributed by atoms with Crippen molar-refractivity contribution in [3.8, 4) is 5.75 Å². The predicted molar refractivity (Wildman–Crippen MR) is 153 cm³/mol. The van der Waals surface area contributed by atoms with Crippen LogP contribution in [-0.4, -0.2) is 41.1 Å². The van der Waals surface area contributed by atoms with Crippen LogP contribution in [0.4, 0.5) is 15.4 Å². The molecule has 12 heteroatoms. The van der Waals surface area contributed by atoms with Gasteiger partial charge in [0.1, 0.15) is 17.8 Å². The van der Waals surface area contributed by atoms with Crippen LogP contribution in [-0.2, 0) is 22.0 Å². The highest BCUT2D eigenvalue weighted by Crippen LogP contribution is 2.45. The number of carboxylic acids is 1. The van der Waals surface area contributed by atoms with Crippen LogP contribution in [0.5, 0.6) is 5.75 Å². The number of hydrogen-bond acceptors (Lipinski definition) is 9. The third-order valence-corrected chi connectivity index (χ3v) is 7.57. The summed E-state index contributed by atoms with van der Waals surface area (Å²) in [5.74, 6) is 1.08. The largest absolute Gasteiger partial charge is 0.550 e. The van der Waals surface area contributed by atoms with Crippen LogP contribution < -0.4 is 25.9 Å². The Morgan fingerprint density at radius 3 is 2.43 bits per heavy atom. The molecule has 4 heterocycles. The van der Waals surface area contributed by atoms with Crippen LogP contribution in [0.3, 0.4) is 0 Å². The molecule has 0 saturated heterocycles. The second-order valence-corrected chi connectivity index (χ2v) is 11.4. The number of carbonyl (C=O) groups excluding carboxylic acids is 3. The summed E-state index contributed by atoms with van der Waals surface area (Å²) in [7, 11) is 1.83. The highest BCUT2D eigenvalue weighted by atomic mass is 16.6. The van der Waals surface area contributed by atoms with E-state index in [1.165, 1.54) is 0 Å². The fourth-order valence-electron chi connectivity index (χ4n) is 5.23. The molecule has 222 valence electrons. The van der Waals surface area contributed by atoms with Gasteiger partial charge in [-0.05, 0) is 62.4 Å². The minimum absolute atomic E-state index is 0.0119. The smallest absolute Gasteiger partial charge is 0.410 e. The normalized spacial score (nSPS) is 19.1. The molecule has 3 aliphatic heterocycles. The standard InChI is InChI=1S/C30H36N6O6/c1-29(2)20-14-18(41-27(31)39)16-35(5)25(20)33-22(29)10-9-11-23-30(3,4)21-15-19(42-28(32)40)17-36(26(21)34-23)13-8-6-7-12-24(37)38/h9-11,14-17H,6-8,12-13H2,1-5H3,(H4-,31,32,37,38,39,40). The van der Waals surface area contributed by atoms with E-state index >= 15 is 0 Å². The monoisotopic (exact) mass is 576 g/mol. The minimum Gasteiger partial charge on any atom is -0.550 e. The lowest BCUT2D eigenvalue weighted by atomic mass is 9.81. The summed E-state index contributed by atoms with van der Waals surface area (Å²) in [4.78, 5) is 45.2. The van der Waals surface area contributed by atoms with E-state index < -0.39 is 29.0 Å². The summed E-state index contributed by atoms with van der Waals surface area (Å²) in [6.45, 7) is 8.70. The van der Waals surface area contributed by atoms with Crippen LogP contribution in [0, 0.1) is 5.41 Å². The maximum Gasteiger partial charge on any atom is 0.410 e. The van der Waals surface area contributed by atoms with Gasteiger partial charge in [0.15, 0.2) is 11.5 Å². The number of carbonyl (C=O) groups is 3. The summed E-state index contributed by atoms with van der Waals surface area (Å²) in [5, 5.41) is 10.7. The molecule has 1 aromatic heterocycles. The number of aliphatic imine (C=N–C) groups is 2. The third-order valence-electron chi connectivity index (χ3n) is 7.57. The summed E-state index contributed by atoms with van der Waals surface area (Å²) in [5.41, 5.74) is 12.9. The third kappa shape index (κ3) is 6.27. The van der Waals surface area contributed by atoms with Crippen molar-refractivity contribution < 1.29 is 33.5 Å². The molecule has 12 nitrogen and oxygen atoms in total. The van der Waals surface area contributed by atoms with Crippen molar-refractivity contribution in [2.75, 3.05) is 6.54 Å². The number of nitrogens with zero attached hydrogens (tertiary/aromatic N) is 4. The Balaban J connectivity index is 1.58. The molecule has 0 saturated carbocycles. The van der Waals surface area contributed by atoms with Crippen LogP contribution >= 0.6 is 0 Å². The molecule has 1 aromatic rings. The Morgan fingerprint density at radius 2 is 1.76 bits per heavy atom. The summed E-state index contributed by atoms with van der Waals surface area (Å²) in [6.07, 6.45) is 11.0. The number of allylic oxidation sites excluding steroid dienone is 5. The highest BCUT2D eigenvalue weighted by Gasteiger charge is 2.43. The lowest BCUT2D eigenvalue weighted by molar-refractivity contribution is -0.658. The number of carboxylic acid groups (broad SMARTS) is 1. The number of amidine groups is 1. The lowest BCUT2D eigenvalue weighted by Crippen LogP contribution is -2.33. The average Bonchev–Trinajstić information content (AvgIpc) is 3.27. The fourth-order valence-corrected chi connectivity index (χ4v) is 5.23. The van der Waals surface area contributed by atoms with Crippen LogP contribution in [0.1, 0.15) is 58.9 Å². The number of ether oxygens (including phenoxy) is 2. The molecule has 0 aromatic carbocycles. The van der Waals surface area contributed by atoms with E-state index in [1.54, 1.807) is 29.1 Å². The number of nitrogens with two attached hydrogens (primary N) is 2. The zero-order valence-corrected chi connectivity index (χ0v) is 24.5. The molecule has 0 aliphatic carbocycles. The molecular formula is C30H36N6O6. The van der Waals surface area contributed by atoms with E-state index in [-0.39, 0.29) is 6.42 Å². The summed E-state index contributed by atoms with van der Waals surface area (Å²) in [6, 6.07) is 1.78. The van der Waals surface area contributed by atoms with Crippen LogP contribution in [0.25, 0.3) is 0 Å². The van der Waals surface area contributed by atoms with E-state index in [1.807, 2.05) is 57.9 Å². The van der Waals surface area contributed by atoms with Gasteiger partial charge in [-0.25, -0.2) is 19.1 Å². The fraction of sp³-hybridized carbons (Fsp3) is 0.400. The molecule has 0 bridgehead atoms. The molecular weight excluding hydrogens is 540 g/mol. The Kier molecular flexibility index (Phi) is 8.37. The van der Waals surface area contributed by atoms with Crippen molar-refractivity contribution in [1.82, 2.24) is 4.90 Å². The molecule has 2 amide bonds. The SMILES string of the molecule is C[n+]1cc(OC(N)=O)cc2c1N=C(/C=C/C=C1\N=C3C(=CC(OC(N)=O)=CN3CCCCCC(=O)[O-])C1(C)C)C2(C)C. The second-order valence-electron chi connectivity index (χ2n) is 11.4. The van der Waals surface area contributed by atoms with E-state index in [2.05, 4.69) is 0 Å². The van der Waals surface area contributed by atoms with Gasteiger partial charge in [0.05, 0.1) is 23.7 Å². The van der Waals surface area contributed by atoms with Gasteiger partial charge in [0.25, 0.3) is 0 Å². The molecule has 4 rings (SSSR count). The number of primary amides is 2. The topological polar surface area (TPSA) is 177 Å². The van der Waals surface area contributed by atoms with Crippen molar-refractivity contribution in [2.24, 2.45) is 33.9 Å². The first kappa shape index (κ1) is 30.2. The lowest BCUT2D eigenvalue weighted by Gasteiger charge is -2.30. The van der Waals surface area contributed by atoms with E-state index in [0.717, 1.165) is 34.2 Å². The van der Waals surface area contributed by atoms with Crippen molar-refractivity contribution in [2.45, 2.75) is 58.8 Å². The number of aryl methyl sites for hydroxylation is 1. The Bertz CT molecular complexity index is 1510. The second kappa shape index (κ2) is 11.6. The van der Waals surface area contributed by atoms with E-state index in [0.29, 0.717) is 37.3 Å². The number of hydrogen-bond donors (Lipinski definition) is 2. The number of pyridine rings is 1. The summed E-state index contributed by atoms with van der Waals surface area (Å²) < 4.78 is 12.1. The maximum absolute atomic E-state index is 11.5. The van der Waals surface area contributed by atoms with Gasteiger partial charge < -0.3 is 35.7 Å². The molecule has 0 spiro atoms. The average molecular weight is 577 g/mol. The van der Waals surface area contributed by atoms with E-state index in [4.69, 9.17) is 30.9 Å². The highest BCUT2D eigenvalue weighted by molar-refractivity contribution is 6.08. The number of aromatic nitrogens is 1. The molecule has 0 atom stereocenters. The predicted octanol–water partition coefficient (Wildman–Crippen LogP) is 2.70. The van der Waals surface area contributed by atoms with Gasteiger partial charge in [-0.2, -0.15) is 0 Å².